The number of pyridine rings is 1. The smallest absolute Gasteiger partial charge is 0.475 e. The number of carboxylic acid groups (broad SMARTS) is 1. The molecule has 12 heteroatoms. The number of alkyl halides is 5. The van der Waals surface area contributed by atoms with Gasteiger partial charge in [-0.3, -0.25) is 14.6 Å². The molecule has 0 aromatic carbocycles. The summed E-state index contributed by atoms with van der Waals surface area (Å²) in [5, 5.41) is 7.12. The number of rotatable bonds is 3. The highest BCUT2D eigenvalue weighted by atomic mass is 19.4. The number of carbonyl (C=O) groups is 3. The van der Waals surface area contributed by atoms with Gasteiger partial charge < -0.3 is 14.9 Å². The van der Waals surface area contributed by atoms with E-state index in [4.69, 9.17) is 9.90 Å². The monoisotopic (exact) mass is 477 g/mol. The van der Waals surface area contributed by atoms with Gasteiger partial charge in [-0.05, 0) is 31.4 Å². The first-order chi connectivity index (χ1) is 15.3. The quantitative estimate of drug-likeness (QED) is 0.677. The molecule has 1 aliphatic carbocycles. The van der Waals surface area contributed by atoms with Crippen molar-refractivity contribution in [2.75, 3.05) is 26.2 Å². The summed E-state index contributed by atoms with van der Waals surface area (Å²) in [6.07, 6.45) is 0.172. The lowest BCUT2D eigenvalue weighted by Crippen LogP contribution is -2.60. The Morgan fingerprint density at radius 3 is 2.30 bits per heavy atom. The van der Waals surface area contributed by atoms with Crippen LogP contribution in [0.25, 0.3) is 0 Å². The fraction of sp³-hybridized carbons (Fsp3) is 0.619. The van der Waals surface area contributed by atoms with Gasteiger partial charge in [-0.15, -0.1) is 0 Å². The van der Waals surface area contributed by atoms with Gasteiger partial charge in [0.1, 0.15) is 0 Å². The normalized spacial score (nSPS) is 25.9. The zero-order chi connectivity index (χ0) is 24.4. The Bertz CT molecular complexity index is 888. The predicted octanol–water partition coefficient (Wildman–Crippen LogP) is 2.75. The van der Waals surface area contributed by atoms with Crippen LogP contribution in [0.15, 0.2) is 24.4 Å². The number of hydrogen-bond acceptors (Lipinski definition) is 4. The van der Waals surface area contributed by atoms with E-state index < -0.39 is 31.2 Å². The van der Waals surface area contributed by atoms with Gasteiger partial charge in [-0.2, -0.15) is 13.2 Å². The molecule has 3 fully saturated rings. The molecule has 2 amide bonds. The van der Waals surface area contributed by atoms with Gasteiger partial charge in [-0.1, -0.05) is 12.5 Å². The molecular weight excluding hydrogens is 453 g/mol. The number of halogens is 5. The first-order valence-corrected chi connectivity index (χ1v) is 10.5. The number of aromatic nitrogens is 1. The van der Waals surface area contributed by atoms with E-state index in [1.165, 1.54) is 4.90 Å². The highest BCUT2D eigenvalue weighted by molar-refractivity contribution is 5.82. The van der Waals surface area contributed by atoms with Crippen molar-refractivity contribution < 1.29 is 41.4 Å². The van der Waals surface area contributed by atoms with Gasteiger partial charge >= 0.3 is 12.1 Å². The van der Waals surface area contributed by atoms with Crippen LogP contribution in [-0.4, -0.2) is 76.0 Å². The molecule has 7 nitrogen and oxygen atoms in total. The minimum atomic E-state index is -5.08. The van der Waals surface area contributed by atoms with Crippen molar-refractivity contribution in [3.63, 3.8) is 0 Å². The molecule has 182 valence electrons. The number of nitrogens with zero attached hydrogens (tertiary/aromatic N) is 3. The Hall–Kier alpha value is -2.79. The summed E-state index contributed by atoms with van der Waals surface area (Å²) in [7, 11) is 0. The molecule has 1 aromatic rings. The van der Waals surface area contributed by atoms with Crippen molar-refractivity contribution >= 4 is 17.8 Å². The van der Waals surface area contributed by atoms with E-state index in [1.54, 1.807) is 6.20 Å². The molecule has 2 saturated heterocycles. The van der Waals surface area contributed by atoms with Crippen LogP contribution in [-0.2, 0) is 20.8 Å². The third-order valence-electron chi connectivity index (χ3n) is 6.40. The van der Waals surface area contributed by atoms with Crippen LogP contribution in [0.2, 0.25) is 0 Å². The van der Waals surface area contributed by atoms with Crippen LogP contribution in [0.3, 0.4) is 0 Å². The average molecular weight is 477 g/mol. The van der Waals surface area contributed by atoms with E-state index in [2.05, 4.69) is 4.98 Å². The molecular formula is C21H24F5N3O4. The number of likely N-dealkylation sites (tertiary alicyclic amines) is 2. The van der Waals surface area contributed by atoms with Gasteiger partial charge in [0.15, 0.2) is 0 Å². The Kier molecular flexibility index (Phi) is 6.94. The van der Waals surface area contributed by atoms with E-state index in [0.29, 0.717) is 13.1 Å². The molecule has 33 heavy (non-hydrogen) atoms. The fourth-order valence-corrected chi connectivity index (χ4v) is 4.78. The Labute approximate surface area is 186 Å². The number of amides is 2. The molecule has 3 heterocycles. The standard InChI is InChI=1S/C19H23F2N3O2.C2HF3O2/c20-19(21)12-24(13-19)17(26)15-5-3-6-18(15)7-9-23(11-18)16(25)10-14-4-1-2-8-22-14;3-2(4,5)1(6)7/h1-2,4,8,15H,3,5-7,9-13H2;(H,6,7). The van der Waals surface area contributed by atoms with Crippen molar-refractivity contribution in [1.82, 2.24) is 14.8 Å². The van der Waals surface area contributed by atoms with Crippen molar-refractivity contribution in [1.29, 1.82) is 0 Å². The lowest BCUT2D eigenvalue weighted by Gasteiger charge is -2.42. The van der Waals surface area contributed by atoms with Gasteiger partial charge in [0.25, 0.3) is 5.92 Å². The van der Waals surface area contributed by atoms with Crippen LogP contribution in [0.1, 0.15) is 31.4 Å². The molecule has 1 saturated carbocycles. The molecule has 4 rings (SSSR count). The molecule has 0 bridgehead atoms. The maximum absolute atomic E-state index is 13.1. The molecule has 1 aromatic heterocycles. The van der Waals surface area contributed by atoms with Crippen LogP contribution in [0.4, 0.5) is 22.0 Å². The van der Waals surface area contributed by atoms with Crippen molar-refractivity contribution in [2.24, 2.45) is 11.3 Å². The predicted molar refractivity (Wildman–Crippen MR) is 104 cm³/mol. The molecule has 3 aliphatic rings. The molecule has 2 unspecified atom stereocenters. The minimum absolute atomic E-state index is 0.0224. The molecule has 0 radical (unpaired) electrons. The molecule has 1 N–H and O–H groups in total. The summed E-state index contributed by atoms with van der Waals surface area (Å²) in [5.41, 5.74) is 0.502. The van der Waals surface area contributed by atoms with Crippen LogP contribution >= 0.6 is 0 Å². The molecule has 2 atom stereocenters. The summed E-state index contributed by atoms with van der Waals surface area (Å²) in [4.78, 5) is 41.5. The second kappa shape index (κ2) is 9.22. The van der Waals surface area contributed by atoms with Gasteiger partial charge in [0, 0.05) is 36.3 Å². The molecule has 2 aliphatic heterocycles. The Morgan fingerprint density at radius 2 is 1.76 bits per heavy atom. The number of carbonyl (C=O) groups excluding carboxylic acids is 2. The maximum Gasteiger partial charge on any atom is 0.490 e. The molecule has 1 spiro atoms. The van der Waals surface area contributed by atoms with E-state index >= 15 is 0 Å². The second-order valence-corrected chi connectivity index (χ2v) is 8.72. The number of carboxylic acids is 1. The number of hydrogen-bond donors (Lipinski definition) is 1. The van der Waals surface area contributed by atoms with E-state index in [9.17, 15) is 31.5 Å². The zero-order valence-electron chi connectivity index (χ0n) is 17.7. The number of aliphatic carboxylic acids is 1. The van der Waals surface area contributed by atoms with Crippen LogP contribution in [0.5, 0.6) is 0 Å². The van der Waals surface area contributed by atoms with E-state index in [1.807, 2.05) is 23.1 Å². The summed E-state index contributed by atoms with van der Waals surface area (Å²) in [6.45, 7) is 0.270. The highest BCUT2D eigenvalue weighted by Gasteiger charge is 2.55. The SMILES string of the molecule is O=C(Cc1ccccn1)N1CCC2(CCCC2C(=O)N2CC(F)(F)C2)C1.O=C(O)C(F)(F)F. The first-order valence-electron chi connectivity index (χ1n) is 10.5. The summed E-state index contributed by atoms with van der Waals surface area (Å²) < 4.78 is 58.0. The van der Waals surface area contributed by atoms with Crippen LogP contribution in [0, 0.1) is 11.3 Å². The first kappa shape index (κ1) is 24.8. The zero-order valence-corrected chi connectivity index (χ0v) is 17.7. The third-order valence-corrected chi connectivity index (χ3v) is 6.40. The summed E-state index contributed by atoms with van der Waals surface area (Å²) in [5.74, 6) is -5.85. The highest BCUT2D eigenvalue weighted by Crippen LogP contribution is 2.51. The van der Waals surface area contributed by atoms with Gasteiger partial charge in [0.2, 0.25) is 11.8 Å². The summed E-state index contributed by atoms with van der Waals surface area (Å²) >= 11 is 0. The lowest BCUT2D eigenvalue weighted by atomic mass is 9.76. The van der Waals surface area contributed by atoms with Gasteiger partial charge in [0.05, 0.1) is 19.5 Å². The second-order valence-electron chi connectivity index (χ2n) is 8.72. The van der Waals surface area contributed by atoms with Crippen LogP contribution < -0.4 is 0 Å². The van der Waals surface area contributed by atoms with E-state index in [-0.39, 0.29) is 29.6 Å². The van der Waals surface area contributed by atoms with Crippen molar-refractivity contribution in [3.05, 3.63) is 30.1 Å². The van der Waals surface area contributed by atoms with Crippen molar-refractivity contribution in [2.45, 2.75) is 44.2 Å². The van der Waals surface area contributed by atoms with Gasteiger partial charge in [-0.25, -0.2) is 13.6 Å². The average Bonchev–Trinajstić information content (AvgIpc) is 3.33. The fourth-order valence-electron chi connectivity index (χ4n) is 4.78. The Balaban J connectivity index is 0.000000383. The minimum Gasteiger partial charge on any atom is -0.475 e. The van der Waals surface area contributed by atoms with Crippen molar-refractivity contribution in [3.8, 4) is 0 Å². The lowest BCUT2D eigenvalue weighted by molar-refractivity contribution is -0.192. The maximum atomic E-state index is 13.1. The third kappa shape index (κ3) is 5.77. The van der Waals surface area contributed by atoms with E-state index in [0.717, 1.165) is 31.4 Å². The largest absolute Gasteiger partial charge is 0.490 e. The summed E-state index contributed by atoms with van der Waals surface area (Å²) in [6, 6.07) is 5.50. The Morgan fingerprint density at radius 1 is 1.09 bits per heavy atom. The topological polar surface area (TPSA) is 90.8 Å².